The second-order valence-electron chi connectivity index (χ2n) is 34.5. The highest BCUT2D eigenvalue weighted by atomic mass is 32.1. The van der Waals surface area contributed by atoms with E-state index in [1.165, 1.54) is 26.0 Å². The number of carboxylic acid groups (broad SMARTS) is 1. The summed E-state index contributed by atoms with van der Waals surface area (Å²) in [7, 11) is 0. The molecule has 0 radical (unpaired) electrons. The number of ether oxygens (including phenoxy) is 2. The number of amides is 12. The van der Waals surface area contributed by atoms with E-state index in [9.17, 15) is 53.7 Å². The van der Waals surface area contributed by atoms with Crippen LogP contribution in [-0.4, -0.2) is 268 Å². The van der Waals surface area contributed by atoms with Gasteiger partial charge in [0.1, 0.15) is 73.6 Å². The number of carbonyl (C=O) groups is 13. The number of hydrogen-bond acceptors (Lipinski definition) is 21. The lowest BCUT2D eigenvalue weighted by atomic mass is 9.84. The van der Waals surface area contributed by atoms with Crippen LogP contribution in [0, 0.1) is 22.1 Å². The highest BCUT2D eigenvalue weighted by Crippen LogP contribution is 2.47. The van der Waals surface area contributed by atoms with Crippen LogP contribution in [0.1, 0.15) is 146 Å². The number of fused-ring (bicyclic) bond motifs is 8. The third-order valence-electron chi connectivity index (χ3n) is 25.8. The summed E-state index contributed by atoms with van der Waals surface area (Å²) in [4.78, 5) is 195. The number of guanidine groups is 3. The number of nitrogens with one attached hydrogen (secondary N) is 14. The Morgan fingerprint density at radius 3 is 1.56 bits per heavy atom. The largest absolute Gasteiger partial charge is 0.480 e. The number of alkyl carbamates (subject to hydrolysis) is 2. The molecule has 39 nitrogen and oxygen atoms in total. The van der Waals surface area contributed by atoms with Crippen molar-refractivity contribution in [1.82, 2.24) is 78.1 Å². The third kappa shape index (κ3) is 24.1. The van der Waals surface area contributed by atoms with Crippen molar-refractivity contribution >= 4 is 106 Å². The van der Waals surface area contributed by atoms with Gasteiger partial charge in [-0.15, -0.1) is 11.3 Å². The van der Waals surface area contributed by atoms with Gasteiger partial charge in [-0.25, -0.2) is 14.4 Å². The van der Waals surface area contributed by atoms with Gasteiger partial charge in [-0.1, -0.05) is 140 Å². The summed E-state index contributed by atoms with van der Waals surface area (Å²) in [6, 6.07) is 27.0. The molecule has 3 saturated heterocycles. The Morgan fingerprint density at radius 1 is 0.466 bits per heavy atom. The number of aliphatic hydroxyl groups excluding tert-OH is 2. The van der Waals surface area contributed by atoms with Gasteiger partial charge in [0.2, 0.25) is 59.1 Å². The van der Waals surface area contributed by atoms with Gasteiger partial charge in [0.15, 0.2) is 17.9 Å². The van der Waals surface area contributed by atoms with E-state index in [4.69, 9.17) is 42.9 Å². The number of nitrogens with two attached hydrogens (primary N) is 3. The molecule has 0 bridgehead atoms. The van der Waals surface area contributed by atoms with Gasteiger partial charge in [0.25, 0.3) is 0 Å². The molecule has 13 atom stereocenters. The van der Waals surface area contributed by atoms with E-state index in [-0.39, 0.29) is 178 Å². The van der Waals surface area contributed by atoms with Crippen LogP contribution in [-0.2, 0) is 81.6 Å². The molecule has 1 aromatic heterocycles. The number of hydrogen-bond donors (Lipinski definition) is 20. The summed E-state index contributed by atoms with van der Waals surface area (Å²) in [5, 5.41) is 86.7. The molecule has 3 aliphatic carbocycles. The van der Waals surface area contributed by atoms with Crippen LogP contribution in [0.15, 0.2) is 139 Å². The standard InChI is InChI=1S/C93H117N21O18S/c94-89(95)100-36-13-30-67(106-80(119)68(110-93(130)132-51-66-63-28-10-6-24-59(63)60-25-7-11-29-64(60)66)35-39-103-92(129)131-50-65-61-26-8-4-22-57(61)58-23-5-9-27-62(58)65)79(118)107-69(31-14-37-101-90(96)97)84(123)111-40-16-34-74(111)86(125)113-48-55(116)44-75(113)82(121)104-46-78(117)105-71(45-56-21-17-41-133-56)81(120)109-72(49-115)85(124)112-47-54-20-2-1-18-52(54)42-77(112)87(126)114-73-33-12-3-19-53(73)43-76(114)83(122)108-70(88(127)128)32-15-38-102-91(98)99/h1-2,4-11,17-18,20-29,41,53,55,65-77,115-116H,3,12-16,19,30-40,42-51H2,(H,103,129)(H,104,121)(H,105,117)(H,106,119)(H,107,118)(H,108,122)(H,109,120)(H,110,130)(H,127,128)(H4,94,95,100)(H4,96,97,101)(H4,98,99,102)/t53-,55+,67+,68-,69-,70-,71-,72-,73-,74-,75-,76-,77?/m0/s1. The van der Waals surface area contributed by atoms with Gasteiger partial charge in [-0.2, -0.15) is 0 Å². The number of aliphatic hydroxyl groups is 2. The predicted molar refractivity (Wildman–Crippen MR) is 489 cm³/mol. The van der Waals surface area contributed by atoms with Gasteiger partial charge < -0.3 is 120 Å². The first kappa shape index (κ1) is 96.8. The summed E-state index contributed by atoms with van der Waals surface area (Å²) >= 11 is 1.24. The maximum absolute atomic E-state index is 15.5. The maximum Gasteiger partial charge on any atom is 0.407 e. The van der Waals surface area contributed by atoms with Crippen molar-refractivity contribution in [3.05, 3.63) is 177 Å². The van der Waals surface area contributed by atoms with E-state index >= 15 is 24.0 Å². The predicted octanol–water partition coefficient (Wildman–Crippen LogP) is 1.60. The molecule has 5 aromatic carbocycles. The summed E-state index contributed by atoms with van der Waals surface area (Å²) in [6.45, 7) is -2.52. The normalized spacial score (nSPS) is 19.8. The SMILES string of the molecule is N=C(N)NCCC[C@H](NC(=O)[C@@H]1C[C@@H]2CCCC[C@@H]2N1C(=O)C1Cc2ccccc2CN1C(=O)[C@H](CO)NC(=O)[C@H](Cc1cccs1)NC(=O)CNC(=O)[C@@H]1C[C@@H](O)CN1C(=O)[C@@H]1CCCN1C(=O)[C@H](CCCNC(=N)N)NC(=O)[C@@H](CCCNC(=N)N)NC(=O)[C@H](CCNC(=O)OCC1c2ccccc2-c2ccccc21)NC(=O)OCC1c2ccccc2-c2ccccc21)C(=O)O. The molecule has 7 aliphatic rings. The molecular formula is C93H117N21O18S. The molecule has 4 aliphatic heterocycles. The van der Waals surface area contributed by atoms with Crippen molar-refractivity contribution < 1.29 is 87.1 Å². The Bertz CT molecular complexity index is 5210. The lowest BCUT2D eigenvalue weighted by Gasteiger charge is -2.42. The Balaban J connectivity index is 0.665. The van der Waals surface area contributed by atoms with Gasteiger partial charge in [0, 0.05) is 87.8 Å². The fourth-order valence-electron chi connectivity index (χ4n) is 19.4. The topological polar surface area (TPSA) is 596 Å². The van der Waals surface area contributed by atoms with Crippen molar-refractivity contribution in [2.75, 3.05) is 65.6 Å². The van der Waals surface area contributed by atoms with E-state index in [0.717, 1.165) is 67.8 Å². The highest BCUT2D eigenvalue weighted by molar-refractivity contribution is 7.09. The Kier molecular flexibility index (Phi) is 33.0. The molecule has 1 unspecified atom stereocenters. The van der Waals surface area contributed by atoms with E-state index in [2.05, 4.69) is 58.5 Å². The van der Waals surface area contributed by atoms with Crippen LogP contribution in [0.5, 0.6) is 0 Å². The fourth-order valence-corrected chi connectivity index (χ4v) is 20.1. The number of likely N-dealkylation sites (tertiary alicyclic amines) is 3. The van der Waals surface area contributed by atoms with Crippen molar-refractivity contribution in [2.24, 2.45) is 23.1 Å². The minimum atomic E-state index is -1.72. The second kappa shape index (κ2) is 45.4. The molecule has 6 aromatic rings. The molecule has 12 amide bonds. The average molecular weight is 1850 g/mol. The van der Waals surface area contributed by atoms with E-state index < -0.39 is 163 Å². The lowest BCUT2D eigenvalue weighted by molar-refractivity contribution is -0.153. The van der Waals surface area contributed by atoms with E-state index in [0.29, 0.717) is 23.3 Å². The van der Waals surface area contributed by atoms with Crippen LogP contribution >= 0.6 is 11.3 Å². The van der Waals surface area contributed by atoms with Crippen LogP contribution in [0.2, 0.25) is 0 Å². The van der Waals surface area contributed by atoms with Crippen LogP contribution in [0.4, 0.5) is 9.59 Å². The second-order valence-corrected chi connectivity index (χ2v) is 35.6. The minimum Gasteiger partial charge on any atom is -0.480 e. The van der Waals surface area contributed by atoms with E-state index in [1.54, 1.807) is 35.7 Å². The molecule has 1 saturated carbocycles. The van der Waals surface area contributed by atoms with Crippen molar-refractivity contribution in [2.45, 2.75) is 200 Å². The van der Waals surface area contributed by atoms with Gasteiger partial charge in [-0.3, -0.25) is 64.2 Å². The smallest absolute Gasteiger partial charge is 0.407 e. The van der Waals surface area contributed by atoms with E-state index in [1.807, 2.05) is 103 Å². The molecule has 133 heavy (non-hydrogen) atoms. The minimum absolute atomic E-state index is 0.0200. The first-order valence-electron chi connectivity index (χ1n) is 45.2. The average Bonchev–Trinajstić information content (AvgIpc) is 1.70. The number of carboxylic acids is 1. The molecule has 0 spiro atoms. The van der Waals surface area contributed by atoms with Crippen LogP contribution in [0.25, 0.3) is 22.3 Å². The highest BCUT2D eigenvalue weighted by Gasteiger charge is 2.53. The van der Waals surface area contributed by atoms with Crippen molar-refractivity contribution in [3.63, 3.8) is 0 Å². The molecule has 13 rings (SSSR count). The van der Waals surface area contributed by atoms with Crippen LogP contribution < -0.4 is 75.7 Å². The first-order valence-corrected chi connectivity index (χ1v) is 46.1. The summed E-state index contributed by atoms with van der Waals surface area (Å²) in [6.07, 6.45) is -0.404. The number of β-amino-alcohol motifs (C(OH)–C–C–N with tert-alkyl or cyclic N) is 1. The number of rotatable bonds is 40. The van der Waals surface area contributed by atoms with Crippen molar-refractivity contribution in [3.8, 4) is 22.3 Å². The van der Waals surface area contributed by atoms with Gasteiger partial charge >= 0.3 is 18.2 Å². The third-order valence-corrected chi connectivity index (χ3v) is 26.7. The van der Waals surface area contributed by atoms with Crippen LogP contribution in [0.3, 0.4) is 0 Å². The summed E-state index contributed by atoms with van der Waals surface area (Å²) in [5.74, 6) is -11.4. The zero-order valence-electron chi connectivity index (χ0n) is 73.6. The molecule has 40 heteroatoms. The zero-order valence-corrected chi connectivity index (χ0v) is 74.4. The Labute approximate surface area is 772 Å². The summed E-state index contributed by atoms with van der Waals surface area (Å²) < 4.78 is 11.7. The molecule has 23 N–H and O–H groups in total. The first-order chi connectivity index (χ1) is 64.1. The Hall–Kier alpha value is -13.8. The number of carbonyl (C=O) groups excluding carboxylic acids is 12. The number of aliphatic carboxylic acids is 1. The number of nitrogens with zero attached hydrogens (tertiary/aromatic N) is 4. The monoisotopic (exact) mass is 1850 g/mol. The van der Waals surface area contributed by atoms with Gasteiger partial charge in [-0.05, 0) is 150 Å². The van der Waals surface area contributed by atoms with Gasteiger partial charge in [0.05, 0.1) is 19.3 Å². The summed E-state index contributed by atoms with van der Waals surface area (Å²) in [5.41, 5.74) is 25.9. The number of thiophene rings is 1. The molecule has 5 heterocycles. The fraction of sp³-hybridized carbons (Fsp3) is 0.462. The molecular weight excluding hydrogens is 1730 g/mol. The quantitative estimate of drug-likeness (QED) is 0.0148. The maximum atomic E-state index is 15.5. The number of benzene rings is 5. The van der Waals surface area contributed by atoms with Crippen molar-refractivity contribution in [1.29, 1.82) is 16.2 Å². The zero-order chi connectivity index (χ0) is 94.5. The Morgan fingerprint density at radius 2 is 0.985 bits per heavy atom. The molecule has 4 fully saturated rings. The molecule has 708 valence electrons. The lowest BCUT2D eigenvalue weighted by Crippen LogP contribution is -2.63.